The van der Waals surface area contributed by atoms with Gasteiger partial charge in [0.05, 0.1) is 16.8 Å². The molecule has 0 aromatic heterocycles. The zero-order chi connectivity index (χ0) is 31.1. The number of halogens is 5. The Morgan fingerprint density at radius 3 is 2.44 bits per heavy atom. The first-order valence-corrected chi connectivity index (χ1v) is 15.5. The average Bonchev–Trinajstić information content (AvgIpc) is 3.33. The highest BCUT2D eigenvalue weighted by Gasteiger charge is 2.44. The van der Waals surface area contributed by atoms with Crippen molar-refractivity contribution < 1.29 is 40.2 Å². The summed E-state index contributed by atoms with van der Waals surface area (Å²) < 4.78 is 93.2. The van der Waals surface area contributed by atoms with E-state index in [1.165, 1.54) is 10.6 Å². The van der Waals surface area contributed by atoms with Crippen molar-refractivity contribution in [2.45, 2.75) is 37.5 Å². The van der Waals surface area contributed by atoms with Gasteiger partial charge in [-0.2, -0.15) is 8.78 Å². The maximum absolute atomic E-state index is 15.8. The van der Waals surface area contributed by atoms with E-state index in [2.05, 4.69) is 10.1 Å². The lowest BCUT2D eigenvalue weighted by Gasteiger charge is -2.35. The molecule has 8 nitrogen and oxygen atoms in total. The van der Waals surface area contributed by atoms with Gasteiger partial charge < -0.3 is 20.5 Å². The summed E-state index contributed by atoms with van der Waals surface area (Å²) in [6.07, 6.45) is 2.27. The van der Waals surface area contributed by atoms with Gasteiger partial charge in [-0.25, -0.2) is 21.5 Å². The van der Waals surface area contributed by atoms with Gasteiger partial charge in [-0.1, -0.05) is 41.9 Å². The number of alkyl halides is 2. The first-order valence-electron chi connectivity index (χ1n) is 13.3. The van der Waals surface area contributed by atoms with Crippen LogP contribution in [0.3, 0.4) is 0 Å². The molecular weight excluding hydrogens is 614 g/mol. The number of nitrogens with zero attached hydrogens (tertiary/aromatic N) is 1. The summed E-state index contributed by atoms with van der Waals surface area (Å²) in [4.78, 5) is 12.3. The van der Waals surface area contributed by atoms with Crippen molar-refractivity contribution in [3.63, 3.8) is 0 Å². The quantitative estimate of drug-likeness (QED) is 0.324. The predicted molar refractivity (Wildman–Crippen MR) is 152 cm³/mol. The summed E-state index contributed by atoms with van der Waals surface area (Å²) in [5, 5.41) is 2.89. The van der Waals surface area contributed by atoms with Crippen LogP contribution in [0.15, 0.2) is 48.5 Å². The van der Waals surface area contributed by atoms with Crippen molar-refractivity contribution in [1.82, 2.24) is 9.62 Å². The first-order chi connectivity index (χ1) is 20.3. The second-order valence-electron chi connectivity index (χ2n) is 10.5. The smallest absolute Gasteiger partial charge is 0.387 e. The number of nitrogens with one attached hydrogen (secondary N) is 1. The molecule has 1 amide bonds. The number of nitrogens with two attached hydrogens (primary N) is 1. The van der Waals surface area contributed by atoms with E-state index in [4.69, 9.17) is 22.1 Å². The Kier molecular flexibility index (Phi) is 8.63. The largest absolute Gasteiger partial charge is 0.480 e. The van der Waals surface area contributed by atoms with E-state index in [0.29, 0.717) is 31.5 Å². The normalized spacial score (nSPS) is 19.3. The Balaban J connectivity index is 1.57. The lowest BCUT2D eigenvalue weighted by atomic mass is 9.85. The van der Waals surface area contributed by atoms with E-state index in [1.807, 2.05) is 12.1 Å². The molecule has 3 N–H and O–H groups in total. The van der Waals surface area contributed by atoms with Crippen molar-refractivity contribution in [1.29, 1.82) is 0 Å². The maximum atomic E-state index is 15.8. The third-order valence-electron chi connectivity index (χ3n) is 7.79. The van der Waals surface area contributed by atoms with Crippen LogP contribution in [0.25, 0.3) is 11.1 Å². The van der Waals surface area contributed by atoms with E-state index in [1.54, 1.807) is 18.2 Å². The number of carbonyl (C=O) groups excluding carboxylic acids is 1. The SMILES string of the molecule is CS(=O)(=O)N1CCC(NC[C@@]2(c3ccccc3)Cc3c(cc(F)c(Cl)c3-c3c(C(N)=O)ccc(OC(F)F)c3F)O2)CC1. The van der Waals surface area contributed by atoms with Crippen LogP contribution in [0.1, 0.15) is 34.3 Å². The molecule has 0 saturated carbocycles. The number of sulfonamides is 1. The summed E-state index contributed by atoms with van der Waals surface area (Å²) in [6.45, 7) is -2.51. The standard InChI is InChI=1S/C29H28ClF4N3O5S/c1-43(39,40)37-11-9-17(10-12-37)36-15-29(16-5-3-2-4-6-16)14-19-22(42-29)13-20(31)25(30)23(19)24-18(27(35)38)7-8-21(26(24)32)41-28(33)34/h2-8,13,17,28,36H,9-12,14-15H2,1H3,(H2,35,38)/t29-/m1/s1. The van der Waals surface area contributed by atoms with Crippen LogP contribution in [-0.4, -0.2) is 57.2 Å². The molecule has 0 spiro atoms. The van der Waals surface area contributed by atoms with Crippen LogP contribution in [0.5, 0.6) is 11.5 Å². The predicted octanol–water partition coefficient (Wildman–Crippen LogP) is 4.83. The van der Waals surface area contributed by atoms with Crippen LogP contribution in [0.2, 0.25) is 5.02 Å². The van der Waals surface area contributed by atoms with Gasteiger partial charge in [0.25, 0.3) is 0 Å². The van der Waals surface area contributed by atoms with E-state index in [9.17, 15) is 22.0 Å². The van der Waals surface area contributed by atoms with Crippen LogP contribution in [0.4, 0.5) is 17.6 Å². The molecule has 2 aliphatic heterocycles. The minimum absolute atomic E-state index is 0.0180. The number of primary amides is 1. The highest BCUT2D eigenvalue weighted by Crippen LogP contribution is 2.50. The van der Waals surface area contributed by atoms with Gasteiger partial charge in [-0.05, 0) is 30.5 Å². The van der Waals surface area contributed by atoms with Crippen molar-refractivity contribution in [3.8, 4) is 22.6 Å². The summed E-state index contributed by atoms with van der Waals surface area (Å²) >= 11 is 6.40. The lowest BCUT2D eigenvalue weighted by molar-refractivity contribution is -0.0521. The number of fused-ring (bicyclic) bond motifs is 1. The number of carbonyl (C=O) groups is 1. The minimum Gasteiger partial charge on any atom is -0.480 e. The van der Waals surface area contributed by atoms with Gasteiger partial charge in [0.1, 0.15) is 11.6 Å². The highest BCUT2D eigenvalue weighted by atomic mass is 35.5. The van der Waals surface area contributed by atoms with E-state index in [0.717, 1.165) is 18.2 Å². The molecule has 14 heteroatoms. The van der Waals surface area contributed by atoms with Crippen molar-refractivity contribution in [2.24, 2.45) is 5.73 Å². The second kappa shape index (κ2) is 11.9. The summed E-state index contributed by atoms with van der Waals surface area (Å²) in [7, 11) is -3.31. The van der Waals surface area contributed by atoms with Crippen LogP contribution in [0, 0.1) is 11.6 Å². The van der Waals surface area contributed by atoms with Crippen LogP contribution in [-0.2, 0) is 22.0 Å². The number of rotatable bonds is 9. The fourth-order valence-electron chi connectivity index (χ4n) is 5.70. The van der Waals surface area contributed by atoms with Gasteiger partial charge in [0.2, 0.25) is 15.9 Å². The molecule has 3 aromatic carbocycles. The molecule has 1 fully saturated rings. The number of amides is 1. The van der Waals surface area contributed by atoms with Gasteiger partial charge >= 0.3 is 6.61 Å². The van der Waals surface area contributed by atoms with E-state index < -0.39 is 61.7 Å². The average molecular weight is 642 g/mol. The minimum atomic E-state index is -3.38. The number of benzene rings is 3. The first kappa shape index (κ1) is 31.0. The van der Waals surface area contributed by atoms with Crippen LogP contribution < -0.4 is 20.5 Å². The molecule has 1 saturated heterocycles. The second-order valence-corrected chi connectivity index (χ2v) is 12.9. The molecule has 0 bridgehead atoms. The van der Waals surface area contributed by atoms with E-state index in [-0.39, 0.29) is 35.9 Å². The van der Waals surface area contributed by atoms with Crippen molar-refractivity contribution >= 4 is 27.5 Å². The number of hydrogen-bond acceptors (Lipinski definition) is 6. The van der Waals surface area contributed by atoms with Crippen LogP contribution >= 0.6 is 11.6 Å². The third-order valence-corrected chi connectivity index (χ3v) is 9.46. The maximum Gasteiger partial charge on any atom is 0.387 e. The Morgan fingerprint density at radius 2 is 1.84 bits per heavy atom. The fraction of sp³-hybridized carbons (Fsp3) is 0.345. The van der Waals surface area contributed by atoms with Crippen molar-refractivity contribution in [3.05, 3.63) is 81.9 Å². The Hall–Kier alpha value is -3.39. The summed E-state index contributed by atoms with van der Waals surface area (Å²) in [5.41, 5.74) is 4.01. The number of hydrogen-bond donors (Lipinski definition) is 2. The van der Waals surface area contributed by atoms with Gasteiger partial charge in [0, 0.05) is 54.9 Å². The third kappa shape index (κ3) is 6.17. The summed E-state index contributed by atoms with van der Waals surface area (Å²) in [5.74, 6) is -4.31. The molecule has 43 heavy (non-hydrogen) atoms. The molecule has 230 valence electrons. The van der Waals surface area contributed by atoms with Crippen molar-refractivity contribution in [2.75, 3.05) is 25.9 Å². The fourth-order valence-corrected chi connectivity index (χ4v) is 6.84. The van der Waals surface area contributed by atoms with Gasteiger partial charge in [-0.3, -0.25) is 4.79 Å². The Bertz CT molecular complexity index is 1650. The molecular formula is C29H28ClF4N3O5S. The van der Waals surface area contributed by atoms with Gasteiger partial charge in [0.15, 0.2) is 17.2 Å². The number of piperidine rings is 1. The zero-order valence-corrected chi connectivity index (χ0v) is 24.5. The number of ether oxygens (including phenoxy) is 2. The highest BCUT2D eigenvalue weighted by molar-refractivity contribution is 7.88. The molecule has 2 aliphatic rings. The molecule has 3 aromatic rings. The molecule has 0 unspecified atom stereocenters. The zero-order valence-electron chi connectivity index (χ0n) is 22.9. The summed E-state index contributed by atoms with van der Waals surface area (Å²) in [6, 6.07) is 11.8. The van der Waals surface area contributed by atoms with Gasteiger partial charge in [-0.15, -0.1) is 0 Å². The monoisotopic (exact) mass is 641 g/mol. The lowest BCUT2D eigenvalue weighted by Crippen LogP contribution is -2.50. The molecule has 5 rings (SSSR count). The van der Waals surface area contributed by atoms with E-state index >= 15 is 8.78 Å². The molecule has 2 heterocycles. The Morgan fingerprint density at radius 1 is 1.16 bits per heavy atom. The molecule has 0 radical (unpaired) electrons. The topological polar surface area (TPSA) is 111 Å². The Labute approximate surface area is 250 Å². The molecule has 0 aliphatic carbocycles. The molecule has 1 atom stereocenters.